The van der Waals surface area contributed by atoms with Crippen molar-refractivity contribution >= 4 is 29.7 Å². The van der Waals surface area contributed by atoms with Gasteiger partial charge in [0, 0.05) is 0 Å². The van der Waals surface area contributed by atoms with Gasteiger partial charge in [-0.3, -0.25) is 24.0 Å². The van der Waals surface area contributed by atoms with E-state index in [0.717, 1.165) is 0 Å². The van der Waals surface area contributed by atoms with Crippen LogP contribution < -0.4 is 21.7 Å². The molecule has 25 heavy (non-hydrogen) atoms. The Kier molecular flexibility index (Phi) is 9.13. The van der Waals surface area contributed by atoms with Crippen LogP contribution in [0, 0.1) is 5.92 Å². The van der Waals surface area contributed by atoms with Gasteiger partial charge < -0.3 is 31.9 Å². The summed E-state index contributed by atoms with van der Waals surface area (Å²) in [7, 11) is 0. The first-order chi connectivity index (χ1) is 11.5. The Morgan fingerprint density at radius 1 is 0.920 bits per heavy atom. The fourth-order valence-electron chi connectivity index (χ4n) is 1.79. The molecule has 0 heterocycles. The Bertz CT molecular complexity index is 535. The van der Waals surface area contributed by atoms with Crippen LogP contribution in [0.5, 0.6) is 0 Å². The van der Waals surface area contributed by atoms with Gasteiger partial charge in [0.25, 0.3) is 0 Å². The maximum Gasteiger partial charge on any atom is 0.325 e. The quantitative estimate of drug-likeness (QED) is 0.249. The average Bonchev–Trinajstić information content (AvgIpc) is 2.50. The minimum atomic E-state index is -1.42. The van der Waals surface area contributed by atoms with Crippen LogP contribution in [-0.2, 0) is 24.0 Å². The molecule has 0 aliphatic carbocycles. The number of aliphatic carboxylic acids is 2. The topological polar surface area (TPSA) is 188 Å². The standard InChI is InChI=1S/C14H24N4O7/c1-6(2)11(13(23)16-7(3)14(24)25)18-12(22)8(4-10(20)21)17-9(19)5-15/h6-8,11H,4-5,15H2,1-3H3,(H,16,23)(H,17,19)(H,18,22)(H,20,21)(H,24,25). The first-order valence-corrected chi connectivity index (χ1v) is 7.54. The summed E-state index contributed by atoms with van der Waals surface area (Å²) in [6, 6.07) is -3.70. The van der Waals surface area contributed by atoms with E-state index in [9.17, 15) is 24.0 Å². The van der Waals surface area contributed by atoms with Gasteiger partial charge in [-0.05, 0) is 12.8 Å². The number of carbonyl (C=O) groups is 5. The van der Waals surface area contributed by atoms with Crippen LogP contribution in [0.3, 0.4) is 0 Å². The molecule has 0 aromatic rings. The molecule has 11 heteroatoms. The monoisotopic (exact) mass is 360 g/mol. The van der Waals surface area contributed by atoms with Gasteiger partial charge in [-0.15, -0.1) is 0 Å². The summed E-state index contributed by atoms with van der Waals surface area (Å²) in [5, 5.41) is 24.4. The molecular weight excluding hydrogens is 336 g/mol. The van der Waals surface area contributed by atoms with Crippen molar-refractivity contribution in [3.05, 3.63) is 0 Å². The fraction of sp³-hybridized carbons (Fsp3) is 0.643. The summed E-state index contributed by atoms with van der Waals surface area (Å²) in [5.74, 6) is -5.35. The molecule has 7 N–H and O–H groups in total. The second-order valence-electron chi connectivity index (χ2n) is 5.72. The number of nitrogens with two attached hydrogens (primary N) is 1. The van der Waals surface area contributed by atoms with Crippen LogP contribution in [0.1, 0.15) is 27.2 Å². The SMILES string of the molecule is CC(NC(=O)C(NC(=O)C(CC(=O)O)NC(=O)CN)C(C)C)C(=O)O. The van der Waals surface area contributed by atoms with Crippen molar-refractivity contribution in [3.63, 3.8) is 0 Å². The molecule has 0 aromatic carbocycles. The van der Waals surface area contributed by atoms with E-state index >= 15 is 0 Å². The number of nitrogens with one attached hydrogen (secondary N) is 3. The summed E-state index contributed by atoms with van der Waals surface area (Å²) in [4.78, 5) is 57.4. The number of hydrogen-bond donors (Lipinski definition) is 6. The normalized spacial score (nSPS) is 14.1. The molecule has 11 nitrogen and oxygen atoms in total. The summed E-state index contributed by atoms with van der Waals surface area (Å²) < 4.78 is 0. The maximum absolute atomic E-state index is 12.2. The van der Waals surface area contributed by atoms with E-state index in [1.807, 2.05) is 0 Å². The Morgan fingerprint density at radius 2 is 1.48 bits per heavy atom. The predicted octanol–water partition coefficient (Wildman–Crippen LogP) is -2.37. The van der Waals surface area contributed by atoms with Crippen LogP contribution in [-0.4, -0.2) is 64.5 Å². The minimum absolute atomic E-state index is 0.416. The minimum Gasteiger partial charge on any atom is -0.481 e. The second-order valence-corrected chi connectivity index (χ2v) is 5.72. The van der Waals surface area contributed by atoms with Gasteiger partial charge in [0.2, 0.25) is 17.7 Å². The number of amides is 3. The smallest absolute Gasteiger partial charge is 0.325 e. The van der Waals surface area contributed by atoms with Crippen molar-refractivity contribution in [2.24, 2.45) is 11.7 Å². The Labute approximate surface area is 144 Å². The van der Waals surface area contributed by atoms with Crippen molar-refractivity contribution in [1.29, 1.82) is 0 Å². The van der Waals surface area contributed by atoms with E-state index in [2.05, 4.69) is 16.0 Å². The van der Waals surface area contributed by atoms with Crippen molar-refractivity contribution in [1.82, 2.24) is 16.0 Å². The van der Waals surface area contributed by atoms with Crippen molar-refractivity contribution in [3.8, 4) is 0 Å². The maximum atomic E-state index is 12.2. The Balaban J connectivity index is 5.14. The zero-order valence-corrected chi connectivity index (χ0v) is 14.2. The average molecular weight is 360 g/mol. The molecule has 3 unspecified atom stereocenters. The molecule has 0 bridgehead atoms. The van der Waals surface area contributed by atoms with Crippen LogP contribution in [0.2, 0.25) is 0 Å². The molecule has 0 aliphatic rings. The number of rotatable bonds is 10. The lowest BCUT2D eigenvalue weighted by Crippen LogP contribution is -2.57. The molecule has 3 amide bonds. The highest BCUT2D eigenvalue weighted by molar-refractivity contribution is 5.95. The van der Waals surface area contributed by atoms with E-state index in [0.29, 0.717) is 0 Å². The van der Waals surface area contributed by atoms with Gasteiger partial charge >= 0.3 is 11.9 Å². The lowest BCUT2D eigenvalue weighted by atomic mass is 10.0. The molecule has 0 rings (SSSR count). The molecule has 0 radical (unpaired) electrons. The third kappa shape index (κ3) is 8.11. The number of hydrogen-bond acceptors (Lipinski definition) is 6. The highest BCUT2D eigenvalue weighted by Gasteiger charge is 2.31. The van der Waals surface area contributed by atoms with Gasteiger partial charge in [0.15, 0.2) is 0 Å². The van der Waals surface area contributed by atoms with E-state index in [1.54, 1.807) is 13.8 Å². The zero-order chi connectivity index (χ0) is 19.7. The summed E-state index contributed by atoms with van der Waals surface area (Å²) in [6.45, 7) is 4.04. The third-order valence-electron chi connectivity index (χ3n) is 3.19. The van der Waals surface area contributed by atoms with E-state index in [-0.39, 0.29) is 0 Å². The third-order valence-corrected chi connectivity index (χ3v) is 3.19. The number of carboxylic acid groups (broad SMARTS) is 2. The summed E-state index contributed by atoms with van der Waals surface area (Å²) in [6.07, 6.45) is -0.699. The van der Waals surface area contributed by atoms with Gasteiger partial charge in [0.05, 0.1) is 13.0 Å². The molecule has 0 spiro atoms. The van der Waals surface area contributed by atoms with Crippen molar-refractivity contribution < 1.29 is 34.2 Å². The molecular formula is C14H24N4O7. The fourth-order valence-corrected chi connectivity index (χ4v) is 1.79. The number of carbonyl (C=O) groups excluding carboxylic acids is 3. The van der Waals surface area contributed by atoms with Crippen LogP contribution in [0.4, 0.5) is 0 Å². The van der Waals surface area contributed by atoms with E-state index in [1.165, 1.54) is 6.92 Å². The summed E-state index contributed by atoms with van der Waals surface area (Å²) in [5.41, 5.74) is 5.12. The first kappa shape index (κ1) is 22.3. The molecule has 0 aromatic heterocycles. The molecule has 0 aliphatic heterocycles. The molecule has 3 atom stereocenters. The first-order valence-electron chi connectivity index (χ1n) is 7.54. The largest absolute Gasteiger partial charge is 0.481 e. The van der Waals surface area contributed by atoms with Gasteiger partial charge in [-0.1, -0.05) is 13.8 Å². The van der Waals surface area contributed by atoms with Crippen molar-refractivity contribution in [2.45, 2.75) is 45.3 Å². The number of carboxylic acids is 2. The highest BCUT2D eigenvalue weighted by Crippen LogP contribution is 2.04. The van der Waals surface area contributed by atoms with Gasteiger partial charge in [-0.2, -0.15) is 0 Å². The van der Waals surface area contributed by atoms with Crippen LogP contribution in [0.15, 0.2) is 0 Å². The van der Waals surface area contributed by atoms with Gasteiger partial charge in [-0.25, -0.2) is 0 Å². The second kappa shape index (κ2) is 10.2. The predicted molar refractivity (Wildman–Crippen MR) is 85.2 cm³/mol. The molecule has 0 fully saturated rings. The molecule has 142 valence electrons. The molecule has 0 saturated carbocycles. The molecule has 0 saturated heterocycles. The highest BCUT2D eigenvalue weighted by atomic mass is 16.4. The summed E-state index contributed by atoms with van der Waals surface area (Å²) >= 11 is 0. The Morgan fingerprint density at radius 3 is 1.88 bits per heavy atom. The van der Waals surface area contributed by atoms with E-state index in [4.69, 9.17) is 15.9 Å². The Hall–Kier alpha value is -2.69. The van der Waals surface area contributed by atoms with Crippen LogP contribution in [0.25, 0.3) is 0 Å². The van der Waals surface area contributed by atoms with E-state index < -0.39 is 66.7 Å². The van der Waals surface area contributed by atoms with Gasteiger partial charge in [0.1, 0.15) is 18.1 Å². The van der Waals surface area contributed by atoms with Crippen molar-refractivity contribution in [2.75, 3.05) is 6.54 Å². The lowest BCUT2D eigenvalue weighted by Gasteiger charge is -2.25. The lowest BCUT2D eigenvalue weighted by molar-refractivity contribution is -0.143. The van der Waals surface area contributed by atoms with Crippen LogP contribution >= 0.6 is 0 Å². The zero-order valence-electron chi connectivity index (χ0n) is 14.2.